The number of hydrogen-bond donors (Lipinski definition) is 5. The predicted octanol–water partition coefficient (Wildman–Crippen LogP) is 5.30. The Kier molecular flexibility index (Phi) is 14.6. The normalized spacial score (nSPS) is 28.1. The summed E-state index contributed by atoms with van der Waals surface area (Å²) in [5, 5.41) is 48.4. The Morgan fingerprint density at radius 3 is 2.21 bits per heavy atom. The van der Waals surface area contributed by atoms with E-state index < -0.39 is 89.6 Å². The number of phenolic OH excluding ortho intramolecular Hbond substituents is 2. The number of methoxy groups -OCH3 is 1. The van der Waals surface area contributed by atoms with E-state index in [1.54, 1.807) is 44.7 Å². The number of ketones is 1. The van der Waals surface area contributed by atoms with Gasteiger partial charge < -0.3 is 54.3 Å². The number of aliphatic hydroxyl groups is 2. The number of aliphatic hydroxyl groups excluding tert-OH is 2. The van der Waals surface area contributed by atoms with Crippen molar-refractivity contribution < 1.29 is 63.3 Å². The minimum atomic E-state index is -2.02. The summed E-state index contributed by atoms with van der Waals surface area (Å²) in [6.45, 7) is 16.5. The van der Waals surface area contributed by atoms with Gasteiger partial charge in [-0.1, -0.05) is 45.9 Å². The lowest BCUT2D eigenvalue weighted by Crippen LogP contribution is -2.46. The van der Waals surface area contributed by atoms with Crippen molar-refractivity contribution >= 4 is 40.0 Å². The van der Waals surface area contributed by atoms with Crippen LogP contribution in [-0.2, 0) is 28.6 Å². The Balaban J connectivity index is 1.94. The maximum Gasteiger partial charge on any atom is 0.312 e. The summed E-state index contributed by atoms with van der Waals surface area (Å²) in [4.78, 5) is 54.9. The Labute approximate surface area is 339 Å². The predicted molar refractivity (Wildman–Crippen MR) is 216 cm³/mol. The zero-order chi connectivity index (χ0) is 43.4. The standard InChI is InChI=1S/C43H58N2O13/c1-12-45(13-2)31(47)20-55-30-19-28-38(51)33-32(30)34-40(26(8)37(33)50)58-43(10,41(34)52)56-18-17-29(54-11)23(5)39(57-27(9)46)25(7)36(49)24(6)35(48)21(3)15-14-16-22(4)42(53)44-28/h14-19,21,23-25,29,35-36,39,48-51H,12-13,20H2,1-11H3,(H,44,53)/t21-,23-,24+,25+,29-,35-,36+,39-,43-/m0/s1. The lowest BCUT2D eigenvalue weighted by Gasteiger charge is -2.38. The van der Waals surface area contributed by atoms with Gasteiger partial charge in [-0.05, 0) is 33.8 Å². The summed E-state index contributed by atoms with van der Waals surface area (Å²) in [6.07, 6.45) is 3.60. The van der Waals surface area contributed by atoms with Crippen molar-refractivity contribution in [1.29, 1.82) is 0 Å². The average Bonchev–Trinajstić information content (AvgIpc) is 3.45. The summed E-state index contributed by atoms with van der Waals surface area (Å²) in [5.41, 5.74) is -0.00860. The molecule has 15 nitrogen and oxygen atoms in total. The van der Waals surface area contributed by atoms with Crippen LogP contribution in [0.15, 0.2) is 42.2 Å². The van der Waals surface area contributed by atoms with Crippen molar-refractivity contribution in [2.24, 2.45) is 23.7 Å². The van der Waals surface area contributed by atoms with Crippen LogP contribution < -0.4 is 14.8 Å². The second-order valence-corrected chi connectivity index (χ2v) is 15.3. The lowest BCUT2D eigenvalue weighted by atomic mass is 9.78. The number of anilines is 1. The number of Topliss-reactive ketones (excluding diaryl/α,β-unsaturated/α-hetero) is 1. The lowest BCUT2D eigenvalue weighted by molar-refractivity contribution is -0.160. The van der Waals surface area contributed by atoms with Crippen LogP contribution in [0.4, 0.5) is 5.69 Å². The van der Waals surface area contributed by atoms with E-state index in [0.29, 0.717) is 13.1 Å². The first-order chi connectivity index (χ1) is 27.2. The van der Waals surface area contributed by atoms with E-state index >= 15 is 0 Å². The number of carbonyl (C=O) groups is 4. The molecule has 15 heteroatoms. The Morgan fingerprint density at radius 2 is 1.60 bits per heavy atom. The minimum absolute atomic E-state index is 0.0574. The van der Waals surface area contributed by atoms with Crippen molar-refractivity contribution in [3.8, 4) is 23.0 Å². The number of ether oxygens (including phenoxy) is 5. The number of esters is 1. The van der Waals surface area contributed by atoms with E-state index in [9.17, 15) is 39.6 Å². The number of hydrogen-bond acceptors (Lipinski definition) is 13. The summed E-state index contributed by atoms with van der Waals surface area (Å²) >= 11 is 0. The molecular weight excluding hydrogens is 752 g/mol. The van der Waals surface area contributed by atoms with E-state index in [2.05, 4.69) is 5.32 Å². The van der Waals surface area contributed by atoms with Gasteiger partial charge in [0.25, 0.3) is 17.6 Å². The fourth-order valence-corrected chi connectivity index (χ4v) is 7.56. The minimum Gasteiger partial charge on any atom is -0.507 e. The van der Waals surface area contributed by atoms with E-state index in [4.69, 9.17) is 23.7 Å². The number of carbonyl (C=O) groups excluding carboxylic acids is 4. The Morgan fingerprint density at radius 1 is 0.948 bits per heavy atom. The maximum atomic E-state index is 14.4. The van der Waals surface area contributed by atoms with Crippen molar-refractivity contribution in [1.82, 2.24) is 4.90 Å². The molecule has 58 heavy (non-hydrogen) atoms. The summed E-state index contributed by atoms with van der Waals surface area (Å²) in [5.74, 6) is -8.01. The highest BCUT2D eigenvalue weighted by Gasteiger charge is 2.49. The monoisotopic (exact) mass is 810 g/mol. The first kappa shape index (κ1) is 45.6. The SMILES string of the molecule is CCN(CC)C(=O)COc1cc2c(O)c3c(O)c(C)c4c(c13)C(=O)[C@@](C)(OC=C[C@H](OC)[C@H](C)[C@H](OC(C)=O)[C@H](C)[C@H](O)[C@H](C)[C@@H](O)[C@@H](C)C=CC=C(C)C(=O)N2)O4. The first-order valence-corrected chi connectivity index (χ1v) is 19.5. The van der Waals surface area contributed by atoms with Gasteiger partial charge >= 0.3 is 11.8 Å². The Hall–Kier alpha value is -5.12. The van der Waals surface area contributed by atoms with Crippen molar-refractivity contribution in [2.45, 2.75) is 99.4 Å². The van der Waals surface area contributed by atoms with Crippen LogP contribution >= 0.6 is 0 Å². The Bertz CT molecular complexity index is 1990. The van der Waals surface area contributed by atoms with Gasteiger partial charge in [-0.25, -0.2) is 0 Å². The van der Waals surface area contributed by atoms with Gasteiger partial charge in [0.2, 0.25) is 0 Å². The fraction of sp³-hybridized carbons (Fsp3) is 0.535. The summed E-state index contributed by atoms with van der Waals surface area (Å²) in [6, 6.07) is 1.27. The van der Waals surface area contributed by atoms with Crippen LogP contribution in [0.2, 0.25) is 0 Å². The average molecular weight is 811 g/mol. The molecule has 5 rings (SSSR count). The number of benzene rings is 2. The molecule has 0 aliphatic carbocycles. The quantitative estimate of drug-likeness (QED) is 0.178. The van der Waals surface area contributed by atoms with Gasteiger partial charge in [-0.3, -0.25) is 19.2 Å². The van der Waals surface area contributed by atoms with Crippen LogP contribution in [0, 0.1) is 30.6 Å². The summed E-state index contributed by atoms with van der Waals surface area (Å²) < 4.78 is 29.7. The summed E-state index contributed by atoms with van der Waals surface area (Å²) in [7, 11) is 1.44. The molecule has 0 aromatic heterocycles. The molecule has 0 saturated carbocycles. The molecule has 0 saturated heterocycles. The van der Waals surface area contributed by atoms with Crippen LogP contribution in [0.5, 0.6) is 23.0 Å². The largest absolute Gasteiger partial charge is 0.507 e. The van der Waals surface area contributed by atoms with Gasteiger partial charge in [0, 0.05) is 80.3 Å². The van der Waals surface area contributed by atoms with E-state index in [1.165, 1.54) is 59.3 Å². The van der Waals surface area contributed by atoms with Crippen molar-refractivity contribution in [3.63, 3.8) is 0 Å². The highest BCUT2D eigenvalue weighted by molar-refractivity contribution is 6.21. The van der Waals surface area contributed by atoms with Crippen LogP contribution in [0.25, 0.3) is 10.8 Å². The van der Waals surface area contributed by atoms with Crippen LogP contribution in [0.3, 0.4) is 0 Å². The highest BCUT2D eigenvalue weighted by Crippen LogP contribution is 2.54. The highest BCUT2D eigenvalue weighted by atomic mass is 16.7. The molecule has 2 amide bonds. The number of nitrogens with zero attached hydrogens (tertiary/aromatic N) is 1. The van der Waals surface area contributed by atoms with E-state index in [-0.39, 0.29) is 50.6 Å². The number of phenols is 2. The fourth-order valence-electron chi connectivity index (χ4n) is 7.56. The number of likely N-dealkylation sites (N-methyl/N-ethyl adjacent to an activating group) is 1. The number of rotatable bonds is 7. The number of nitrogens with one attached hydrogen (secondary N) is 1. The van der Waals surface area contributed by atoms with E-state index in [1.807, 2.05) is 13.8 Å². The first-order valence-electron chi connectivity index (χ1n) is 19.5. The molecule has 2 aromatic rings. The van der Waals surface area contributed by atoms with Gasteiger partial charge in [0.05, 0.1) is 41.2 Å². The van der Waals surface area contributed by atoms with Crippen molar-refractivity contribution in [2.75, 3.05) is 32.1 Å². The van der Waals surface area contributed by atoms with Gasteiger partial charge in [0.1, 0.15) is 23.4 Å². The number of fused-ring (bicyclic) bond motifs is 14. The molecule has 9 atom stereocenters. The maximum absolute atomic E-state index is 14.4. The molecule has 0 unspecified atom stereocenters. The topological polar surface area (TPSA) is 211 Å². The third kappa shape index (κ3) is 9.11. The molecule has 0 spiro atoms. The second kappa shape index (κ2) is 18.6. The molecule has 5 bridgehead atoms. The smallest absolute Gasteiger partial charge is 0.312 e. The van der Waals surface area contributed by atoms with Crippen molar-refractivity contribution in [3.05, 3.63) is 53.3 Å². The van der Waals surface area contributed by atoms with Gasteiger partial charge in [0.15, 0.2) is 12.4 Å². The number of allylic oxidation sites excluding steroid dienone is 2. The van der Waals surface area contributed by atoms with Crippen LogP contribution in [-0.4, -0.2) is 106 Å². The number of amides is 2. The second-order valence-electron chi connectivity index (χ2n) is 15.3. The molecule has 3 aliphatic rings. The molecule has 2 aromatic carbocycles. The zero-order valence-corrected chi connectivity index (χ0v) is 35.1. The zero-order valence-electron chi connectivity index (χ0n) is 35.1. The van der Waals surface area contributed by atoms with E-state index in [0.717, 1.165) is 0 Å². The third-order valence-corrected chi connectivity index (χ3v) is 11.3. The third-order valence-electron chi connectivity index (χ3n) is 11.3. The molecule has 0 radical (unpaired) electrons. The molecule has 5 N–H and O–H groups in total. The molecular formula is C43H58N2O13. The van der Waals surface area contributed by atoms with Gasteiger partial charge in [-0.2, -0.15) is 0 Å². The molecule has 3 aliphatic heterocycles. The van der Waals surface area contributed by atoms with Crippen LogP contribution in [0.1, 0.15) is 78.2 Å². The number of aromatic hydroxyl groups is 2. The molecule has 3 heterocycles. The molecule has 318 valence electrons. The van der Waals surface area contributed by atoms with Gasteiger partial charge in [-0.15, -0.1) is 0 Å². The molecule has 0 fully saturated rings.